The molecule has 0 unspecified atom stereocenters. The van der Waals surface area contributed by atoms with Gasteiger partial charge in [0.05, 0.1) is 27.0 Å². The maximum atomic E-state index is 12.6. The molecule has 0 bridgehead atoms. The topological polar surface area (TPSA) is 101 Å². The normalized spacial score (nSPS) is 10.5. The largest absolute Gasteiger partial charge is 0.495 e. The van der Waals surface area contributed by atoms with Crippen molar-refractivity contribution < 1.29 is 19.0 Å². The van der Waals surface area contributed by atoms with E-state index in [1.165, 1.54) is 24.1 Å². The van der Waals surface area contributed by atoms with Crippen LogP contribution in [-0.2, 0) is 17.8 Å². The lowest BCUT2D eigenvalue weighted by Crippen LogP contribution is -2.42. The Morgan fingerprint density at radius 1 is 0.875 bits per heavy atom. The molecule has 0 fully saturated rings. The molecule has 0 aliphatic rings. The molecule has 2 aromatic carbocycles. The number of carbonyl (C=O) groups is 1. The minimum absolute atomic E-state index is 0.257. The Hall–Kier alpha value is -4.01. The number of rotatable bonds is 9. The van der Waals surface area contributed by atoms with Crippen LogP contribution in [-0.4, -0.2) is 42.9 Å². The first-order chi connectivity index (χ1) is 15.5. The lowest BCUT2D eigenvalue weighted by atomic mass is 10.1. The van der Waals surface area contributed by atoms with E-state index in [1.54, 1.807) is 44.6 Å². The van der Waals surface area contributed by atoms with Crippen molar-refractivity contribution in [3.63, 3.8) is 0 Å². The second-order valence-electron chi connectivity index (χ2n) is 6.87. The number of hydrogen-bond donors (Lipinski definition) is 1. The molecule has 1 N–H and O–H groups in total. The average molecular weight is 439 g/mol. The van der Waals surface area contributed by atoms with Crippen LogP contribution in [0, 0.1) is 0 Å². The molecule has 9 nitrogen and oxygen atoms in total. The third kappa shape index (κ3) is 5.00. The third-order valence-corrected chi connectivity index (χ3v) is 4.90. The zero-order valence-electron chi connectivity index (χ0n) is 18.2. The number of ether oxygens (including phenoxy) is 3. The van der Waals surface area contributed by atoms with Gasteiger partial charge < -0.3 is 19.5 Å². The standard InChI is InChI=1S/C23H25N3O6/c1-30-18-7-5-4-6-17(18)26-13-12-25(22(28)23(26)29)15-21(27)24-11-10-16-8-9-19(31-2)20(14-16)32-3/h4-9,12-14H,10-11,15H2,1-3H3,(H,24,27). The summed E-state index contributed by atoms with van der Waals surface area (Å²) >= 11 is 0. The molecule has 168 valence electrons. The predicted octanol–water partition coefficient (Wildman–Crippen LogP) is 1.38. The van der Waals surface area contributed by atoms with Crippen LogP contribution in [0.15, 0.2) is 64.4 Å². The molecule has 0 aliphatic carbocycles. The van der Waals surface area contributed by atoms with Gasteiger partial charge in [-0.25, -0.2) is 0 Å². The second-order valence-corrected chi connectivity index (χ2v) is 6.87. The van der Waals surface area contributed by atoms with E-state index in [-0.39, 0.29) is 12.5 Å². The number of carbonyl (C=O) groups excluding carboxylic acids is 1. The number of aromatic nitrogens is 2. The molecule has 0 spiro atoms. The van der Waals surface area contributed by atoms with E-state index < -0.39 is 11.1 Å². The zero-order chi connectivity index (χ0) is 23.1. The number of para-hydroxylation sites is 2. The highest BCUT2D eigenvalue weighted by atomic mass is 16.5. The molecule has 9 heteroatoms. The lowest BCUT2D eigenvalue weighted by Gasteiger charge is -2.12. The van der Waals surface area contributed by atoms with E-state index in [0.717, 1.165) is 10.1 Å². The van der Waals surface area contributed by atoms with Gasteiger partial charge in [-0.15, -0.1) is 0 Å². The highest BCUT2D eigenvalue weighted by Gasteiger charge is 2.12. The van der Waals surface area contributed by atoms with Gasteiger partial charge in [0.15, 0.2) is 11.5 Å². The molecule has 0 saturated carbocycles. The van der Waals surface area contributed by atoms with Crippen molar-refractivity contribution in [2.45, 2.75) is 13.0 Å². The Morgan fingerprint density at radius 3 is 2.31 bits per heavy atom. The highest BCUT2D eigenvalue weighted by molar-refractivity contribution is 5.75. The van der Waals surface area contributed by atoms with Gasteiger partial charge >= 0.3 is 11.1 Å². The first-order valence-electron chi connectivity index (χ1n) is 9.91. The molecular weight excluding hydrogens is 414 g/mol. The molecule has 1 amide bonds. The fourth-order valence-electron chi connectivity index (χ4n) is 3.24. The number of benzene rings is 2. The summed E-state index contributed by atoms with van der Waals surface area (Å²) < 4.78 is 18.0. The van der Waals surface area contributed by atoms with Crippen LogP contribution in [0.25, 0.3) is 5.69 Å². The Kier molecular flexibility index (Phi) is 7.33. The Bertz CT molecular complexity index is 1210. The molecule has 1 heterocycles. The number of methoxy groups -OCH3 is 3. The fourth-order valence-corrected chi connectivity index (χ4v) is 3.24. The van der Waals surface area contributed by atoms with Crippen LogP contribution in [0.2, 0.25) is 0 Å². The van der Waals surface area contributed by atoms with Crippen molar-refractivity contribution in [2.24, 2.45) is 0 Å². The lowest BCUT2D eigenvalue weighted by molar-refractivity contribution is -0.121. The molecule has 32 heavy (non-hydrogen) atoms. The van der Waals surface area contributed by atoms with Gasteiger partial charge in [-0.3, -0.25) is 23.5 Å². The number of hydrogen-bond acceptors (Lipinski definition) is 6. The second kappa shape index (κ2) is 10.3. The summed E-state index contributed by atoms with van der Waals surface area (Å²) in [5.74, 6) is 1.32. The molecule has 0 radical (unpaired) electrons. The summed E-state index contributed by atoms with van der Waals surface area (Å²) in [5, 5.41) is 2.76. The highest BCUT2D eigenvalue weighted by Crippen LogP contribution is 2.27. The van der Waals surface area contributed by atoms with Crippen molar-refractivity contribution in [3.8, 4) is 22.9 Å². The fraction of sp³-hybridized carbons (Fsp3) is 0.261. The number of nitrogens with one attached hydrogen (secondary N) is 1. The van der Waals surface area contributed by atoms with Gasteiger partial charge in [-0.2, -0.15) is 0 Å². The Balaban J connectivity index is 1.65. The third-order valence-electron chi connectivity index (χ3n) is 4.90. The van der Waals surface area contributed by atoms with Crippen molar-refractivity contribution in [2.75, 3.05) is 27.9 Å². The first-order valence-corrected chi connectivity index (χ1v) is 9.91. The van der Waals surface area contributed by atoms with Crippen LogP contribution in [0.5, 0.6) is 17.2 Å². The van der Waals surface area contributed by atoms with E-state index in [0.29, 0.717) is 35.9 Å². The van der Waals surface area contributed by atoms with Gasteiger partial charge in [0.25, 0.3) is 0 Å². The summed E-state index contributed by atoms with van der Waals surface area (Å²) in [6.45, 7) is 0.105. The van der Waals surface area contributed by atoms with Gasteiger partial charge in [-0.05, 0) is 36.2 Å². The van der Waals surface area contributed by atoms with Crippen molar-refractivity contribution in [1.29, 1.82) is 0 Å². The monoisotopic (exact) mass is 439 g/mol. The van der Waals surface area contributed by atoms with Gasteiger partial charge in [-0.1, -0.05) is 18.2 Å². The maximum Gasteiger partial charge on any atom is 0.321 e. The van der Waals surface area contributed by atoms with Crippen LogP contribution in [0.4, 0.5) is 0 Å². The average Bonchev–Trinajstić information content (AvgIpc) is 2.82. The number of amides is 1. The van der Waals surface area contributed by atoms with E-state index in [9.17, 15) is 14.4 Å². The quantitative estimate of drug-likeness (QED) is 0.506. The Labute approximate surface area is 184 Å². The van der Waals surface area contributed by atoms with Gasteiger partial charge in [0.2, 0.25) is 5.91 Å². The van der Waals surface area contributed by atoms with Crippen LogP contribution in [0.3, 0.4) is 0 Å². The van der Waals surface area contributed by atoms with Crippen molar-refractivity contribution in [1.82, 2.24) is 14.5 Å². The summed E-state index contributed by atoms with van der Waals surface area (Å²) in [7, 11) is 4.61. The minimum atomic E-state index is -0.798. The minimum Gasteiger partial charge on any atom is -0.495 e. The van der Waals surface area contributed by atoms with E-state index in [2.05, 4.69) is 5.32 Å². The summed E-state index contributed by atoms with van der Waals surface area (Å²) in [4.78, 5) is 37.4. The first kappa shape index (κ1) is 22.7. The van der Waals surface area contributed by atoms with Crippen LogP contribution >= 0.6 is 0 Å². The maximum absolute atomic E-state index is 12.6. The Morgan fingerprint density at radius 2 is 1.59 bits per heavy atom. The van der Waals surface area contributed by atoms with E-state index in [1.807, 2.05) is 12.1 Å². The molecule has 1 aromatic heterocycles. The van der Waals surface area contributed by atoms with Crippen LogP contribution < -0.4 is 30.6 Å². The smallest absolute Gasteiger partial charge is 0.321 e. The van der Waals surface area contributed by atoms with Gasteiger partial charge in [0, 0.05) is 18.9 Å². The molecule has 0 aliphatic heterocycles. The summed E-state index contributed by atoms with van der Waals surface area (Å²) in [6.07, 6.45) is 3.42. The van der Waals surface area contributed by atoms with E-state index in [4.69, 9.17) is 14.2 Å². The molecule has 0 atom stereocenters. The van der Waals surface area contributed by atoms with Crippen molar-refractivity contribution >= 4 is 5.91 Å². The van der Waals surface area contributed by atoms with Crippen LogP contribution in [0.1, 0.15) is 5.56 Å². The molecule has 3 aromatic rings. The van der Waals surface area contributed by atoms with E-state index >= 15 is 0 Å². The summed E-state index contributed by atoms with van der Waals surface area (Å²) in [6, 6.07) is 12.4. The molecule has 3 rings (SSSR count). The predicted molar refractivity (Wildman–Crippen MR) is 119 cm³/mol. The SMILES string of the molecule is COc1ccc(CCNC(=O)Cn2ccn(-c3ccccc3OC)c(=O)c2=O)cc1OC. The molecular formula is C23H25N3O6. The zero-order valence-corrected chi connectivity index (χ0v) is 18.2. The van der Waals surface area contributed by atoms with Gasteiger partial charge in [0.1, 0.15) is 12.3 Å². The molecule has 0 saturated heterocycles. The van der Waals surface area contributed by atoms with Crippen molar-refractivity contribution in [3.05, 3.63) is 81.1 Å². The number of nitrogens with zero attached hydrogens (tertiary/aromatic N) is 2. The summed E-state index contributed by atoms with van der Waals surface area (Å²) in [5.41, 5.74) is -0.160.